The monoisotopic (exact) mass is 301 g/mol. The van der Waals surface area contributed by atoms with Gasteiger partial charge >= 0.3 is 0 Å². The first-order valence-corrected chi connectivity index (χ1v) is 5.72. The van der Waals surface area contributed by atoms with Gasteiger partial charge in [0, 0.05) is 19.1 Å². The number of Topliss-reactive ketones (excluding diaryl/α,β-unsaturated/α-hetero) is 1. The van der Waals surface area contributed by atoms with Crippen molar-refractivity contribution in [3.05, 3.63) is 38.3 Å². The summed E-state index contributed by atoms with van der Waals surface area (Å²) in [5.41, 5.74) is 0.713. The maximum atomic E-state index is 11.6. The minimum atomic E-state index is -0.477. The van der Waals surface area contributed by atoms with Crippen molar-refractivity contribution >= 4 is 27.4 Å². The Kier molecular flexibility index (Phi) is 4.77. The summed E-state index contributed by atoms with van der Waals surface area (Å²) in [6.45, 7) is 1.78. The van der Waals surface area contributed by atoms with Crippen molar-refractivity contribution in [3.8, 4) is 0 Å². The smallest absolute Gasteiger partial charge is 0.283 e. The quantitative estimate of drug-likeness (QED) is 0.619. The first kappa shape index (κ1) is 13.8. The van der Waals surface area contributed by atoms with Gasteiger partial charge in [0.05, 0.1) is 9.40 Å². The van der Waals surface area contributed by atoms with Crippen LogP contribution in [0.2, 0.25) is 0 Å². The molecule has 17 heavy (non-hydrogen) atoms. The van der Waals surface area contributed by atoms with Gasteiger partial charge in [0.1, 0.15) is 6.61 Å². The zero-order valence-corrected chi connectivity index (χ0v) is 11.1. The van der Waals surface area contributed by atoms with Gasteiger partial charge in [-0.25, -0.2) is 0 Å². The Morgan fingerprint density at radius 1 is 1.59 bits per heavy atom. The molecule has 0 aliphatic rings. The zero-order valence-electron chi connectivity index (χ0n) is 9.47. The topological polar surface area (TPSA) is 69.4 Å². The van der Waals surface area contributed by atoms with Crippen molar-refractivity contribution in [3.63, 3.8) is 0 Å². The van der Waals surface area contributed by atoms with Gasteiger partial charge in [0.15, 0.2) is 5.78 Å². The standard InChI is InChI=1S/C11H12BrNO4/c1-7(11(14)6-17-2)8-3-4-10(13(15)16)9(12)5-8/h3-5,7H,6H2,1-2H3. The third-order valence-electron chi connectivity index (χ3n) is 2.44. The predicted molar refractivity (Wildman–Crippen MR) is 66.1 cm³/mol. The van der Waals surface area contributed by atoms with Crippen LogP contribution in [0.1, 0.15) is 18.4 Å². The second kappa shape index (κ2) is 5.88. The third-order valence-corrected chi connectivity index (χ3v) is 3.07. The summed E-state index contributed by atoms with van der Waals surface area (Å²) in [5, 5.41) is 10.6. The molecule has 0 aliphatic heterocycles. The van der Waals surface area contributed by atoms with E-state index < -0.39 is 4.92 Å². The Morgan fingerprint density at radius 2 is 2.24 bits per heavy atom. The van der Waals surface area contributed by atoms with E-state index in [1.807, 2.05) is 0 Å². The number of halogens is 1. The highest BCUT2D eigenvalue weighted by Crippen LogP contribution is 2.28. The molecular weight excluding hydrogens is 290 g/mol. The van der Waals surface area contributed by atoms with Gasteiger partial charge in [-0.2, -0.15) is 0 Å². The summed E-state index contributed by atoms with van der Waals surface area (Å²) in [6.07, 6.45) is 0. The molecular formula is C11H12BrNO4. The second-order valence-electron chi connectivity index (χ2n) is 3.59. The van der Waals surface area contributed by atoms with Crippen LogP contribution in [0.3, 0.4) is 0 Å². The van der Waals surface area contributed by atoms with E-state index in [4.69, 9.17) is 4.74 Å². The largest absolute Gasteiger partial charge is 0.377 e. The third kappa shape index (κ3) is 3.34. The van der Waals surface area contributed by atoms with Crippen LogP contribution in [-0.4, -0.2) is 24.4 Å². The highest BCUT2D eigenvalue weighted by Gasteiger charge is 2.18. The fourth-order valence-electron chi connectivity index (χ4n) is 1.39. The molecule has 0 bridgehead atoms. The van der Waals surface area contributed by atoms with Crippen molar-refractivity contribution in [2.75, 3.05) is 13.7 Å². The Labute approximate surface area is 107 Å². The number of rotatable bonds is 5. The number of hydrogen-bond donors (Lipinski definition) is 0. The van der Waals surface area contributed by atoms with Crippen LogP contribution in [0.5, 0.6) is 0 Å². The summed E-state index contributed by atoms with van der Waals surface area (Å²) < 4.78 is 5.14. The van der Waals surface area contributed by atoms with E-state index in [1.165, 1.54) is 13.2 Å². The molecule has 0 N–H and O–H groups in total. The molecule has 92 valence electrons. The molecule has 6 heteroatoms. The first-order chi connectivity index (χ1) is 7.97. The molecule has 0 spiro atoms. The number of hydrogen-bond acceptors (Lipinski definition) is 4. The molecule has 0 amide bonds. The summed E-state index contributed by atoms with van der Waals surface area (Å²) in [7, 11) is 1.45. The van der Waals surface area contributed by atoms with Gasteiger partial charge in [-0.15, -0.1) is 0 Å². The van der Waals surface area contributed by atoms with E-state index in [1.54, 1.807) is 19.1 Å². The summed E-state index contributed by atoms with van der Waals surface area (Å²) in [6, 6.07) is 4.56. The van der Waals surface area contributed by atoms with Gasteiger partial charge in [0.2, 0.25) is 0 Å². The SMILES string of the molecule is COCC(=O)C(C)c1ccc([N+](=O)[O-])c(Br)c1. The Morgan fingerprint density at radius 3 is 2.71 bits per heavy atom. The normalized spacial score (nSPS) is 12.2. The van der Waals surface area contributed by atoms with Crippen molar-refractivity contribution in [1.29, 1.82) is 0 Å². The maximum Gasteiger partial charge on any atom is 0.283 e. The number of carbonyl (C=O) groups is 1. The van der Waals surface area contributed by atoms with Crippen LogP contribution in [0.15, 0.2) is 22.7 Å². The lowest BCUT2D eigenvalue weighted by Gasteiger charge is -2.10. The minimum Gasteiger partial charge on any atom is -0.377 e. The molecule has 1 unspecified atom stereocenters. The lowest BCUT2D eigenvalue weighted by atomic mass is 9.97. The van der Waals surface area contributed by atoms with Crippen LogP contribution >= 0.6 is 15.9 Å². The molecule has 1 aromatic carbocycles. The molecule has 0 aromatic heterocycles. The highest BCUT2D eigenvalue weighted by molar-refractivity contribution is 9.10. The summed E-state index contributed by atoms with van der Waals surface area (Å²) >= 11 is 3.12. The lowest BCUT2D eigenvalue weighted by Crippen LogP contribution is -2.14. The van der Waals surface area contributed by atoms with Crippen LogP contribution < -0.4 is 0 Å². The van der Waals surface area contributed by atoms with Crippen LogP contribution in [0, 0.1) is 10.1 Å². The highest BCUT2D eigenvalue weighted by atomic mass is 79.9. The Bertz CT molecular complexity index is 447. The molecule has 1 atom stereocenters. The fraction of sp³-hybridized carbons (Fsp3) is 0.364. The van der Waals surface area contributed by atoms with Crippen molar-refractivity contribution in [2.24, 2.45) is 0 Å². The average molecular weight is 302 g/mol. The molecule has 0 aliphatic carbocycles. The van der Waals surface area contributed by atoms with Gasteiger partial charge in [-0.1, -0.05) is 13.0 Å². The number of ether oxygens (including phenoxy) is 1. The number of methoxy groups -OCH3 is 1. The molecule has 0 saturated carbocycles. The van der Waals surface area contributed by atoms with E-state index in [9.17, 15) is 14.9 Å². The Hall–Kier alpha value is -1.27. The molecule has 0 fully saturated rings. The van der Waals surface area contributed by atoms with Crippen LogP contribution in [0.4, 0.5) is 5.69 Å². The van der Waals surface area contributed by atoms with E-state index >= 15 is 0 Å². The second-order valence-corrected chi connectivity index (χ2v) is 4.44. The predicted octanol–water partition coefficient (Wildman–Crippen LogP) is 2.68. The van der Waals surface area contributed by atoms with Gasteiger partial charge < -0.3 is 4.74 Å². The van der Waals surface area contributed by atoms with E-state index in [0.717, 1.165) is 5.56 Å². The lowest BCUT2D eigenvalue weighted by molar-refractivity contribution is -0.385. The number of nitro benzene ring substituents is 1. The Balaban J connectivity index is 2.97. The molecule has 1 rings (SSSR count). The molecule has 0 saturated heterocycles. The molecule has 0 radical (unpaired) electrons. The van der Waals surface area contributed by atoms with E-state index in [2.05, 4.69) is 15.9 Å². The van der Waals surface area contributed by atoms with Crippen LogP contribution in [0.25, 0.3) is 0 Å². The van der Waals surface area contributed by atoms with Crippen molar-refractivity contribution in [2.45, 2.75) is 12.8 Å². The first-order valence-electron chi connectivity index (χ1n) is 4.93. The number of nitrogens with zero attached hydrogens (tertiary/aromatic N) is 1. The average Bonchev–Trinajstić information content (AvgIpc) is 2.27. The number of nitro groups is 1. The minimum absolute atomic E-state index is 0.0138. The zero-order chi connectivity index (χ0) is 13.0. The number of benzene rings is 1. The summed E-state index contributed by atoms with van der Waals surface area (Å²) in [5.74, 6) is -0.402. The maximum absolute atomic E-state index is 11.6. The van der Waals surface area contributed by atoms with Gasteiger partial charge in [0.25, 0.3) is 5.69 Å². The molecule has 0 heterocycles. The van der Waals surface area contributed by atoms with Crippen LogP contribution in [-0.2, 0) is 9.53 Å². The van der Waals surface area contributed by atoms with Crippen molar-refractivity contribution < 1.29 is 14.5 Å². The van der Waals surface area contributed by atoms with Crippen molar-refractivity contribution in [1.82, 2.24) is 0 Å². The molecule has 1 aromatic rings. The number of ketones is 1. The van der Waals surface area contributed by atoms with Gasteiger partial charge in [-0.3, -0.25) is 14.9 Å². The fourth-order valence-corrected chi connectivity index (χ4v) is 1.93. The van der Waals surface area contributed by atoms with Gasteiger partial charge in [-0.05, 0) is 27.6 Å². The summed E-state index contributed by atoms with van der Waals surface area (Å²) in [4.78, 5) is 21.8. The van der Waals surface area contributed by atoms with E-state index in [0.29, 0.717) is 4.47 Å². The van der Waals surface area contributed by atoms with E-state index in [-0.39, 0.29) is 24.0 Å². The molecule has 5 nitrogen and oxygen atoms in total. The number of carbonyl (C=O) groups excluding carboxylic acids is 1.